The van der Waals surface area contributed by atoms with Crippen LogP contribution in [0.2, 0.25) is 0 Å². The van der Waals surface area contributed by atoms with E-state index in [9.17, 15) is 4.79 Å². The molecule has 8 nitrogen and oxygen atoms in total. The van der Waals surface area contributed by atoms with E-state index in [1.54, 1.807) is 12.5 Å². The van der Waals surface area contributed by atoms with Crippen LogP contribution in [0, 0.1) is 0 Å². The Kier molecular flexibility index (Phi) is 3.58. The Morgan fingerprint density at radius 1 is 1.16 bits per heavy atom. The second kappa shape index (κ2) is 5.94. The third-order valence-corrected chi connectivity index (χ3v) is 5.87. The maximum absolute atomic E-state index is 12.6. The first kappa shape index (κ1) is 15.1. The van der Waals surface area contributed by atoms with Crippen LogP contribution in [0.1, 0.15) is 25.7 Å². The first-order valence-electron chi connectivity index (χ1n) is 9.22. The van der Waals surface area contributed by atoms with Crippen LogP contribution in [0.3, 0.4) is 0 Å². The van der Waals surface area contributed by atoms with E-state index in [2.05, 4.69) is 25.0 Å². The minimum absolute atomic E-state index is 0.302. The second-order valence-electron chi connectivity index (χ2n) is 7.38. The van der Waals surface area contributed by atoms with Crippen LogP contribution in [0.25, 0.3) is 5.65 Å². The number of aromatic nitrogens is 4. The Bertz CT molecular complexity index is 784. The van der Waals surface area contributed by atoms with E-state index in [0.29, 0.717) is 24.5 Å². The fourth-order valence-electron chi connectivity index (χ4n) is 4.57. The number of piperidine rings is 1. The molecule has 0 N–H and O–H groups in total. The van der Waals surface area contributed by atoms with Gasteiger partial charge in [-0.05, 0) is 25.7 Å². The highest BCUT2D eigenvalue weighted by atomic mass is 16.2. The normalized spacial score (nSPS) is 26.7. The van der Waals surface area contributed by atoms with Gasteiger partial charge < -0.3 is 9.80 Å². The molecule has 3 aliphatic heterocycles. The minimum atomic E-state index is 0.302. The molecular formula is C17H23N7O. The van der Waals surface area contributed by atoms with Crippen molar-refractivity contribution in [2.24, 2.45) is 0 Å². The van der Waals surface area contributed by atoms with E-state index in [0.717, 1.165) is 56.9 Å². The molecule has 3 fully saturated rings. The van der Waals surface area contributed by atoms with Gasteiger partial charge in [-0.1, -0.05) is 0 Å². The van der Waals surface area contributed by atoms with Crippen LogP contribution in [-0.2, 0) is 4.79 Å². The van der Waals surface area contributed by atoms with Gasteiger partial charge in [0.2, 0.25) is 11.6 Å². The number of hydrogen-bond donors (Lipinski definition) is 0. The molecule has 0 radical (unpaired) electrons. The topological polar surface area (TPSA) is 69.9 Å². The molecule has 25 heavy (non-hydrogen) atoms. The van der Waals surface area contributed by atoms with Crippen molar-refractivity contribution in [3.05, 3.63) is 18.7 Å². The summed E-state index contributed by atoms with van der Waals surface area (Å²) in [5.41, 5.74) is 0.811. The number of carbonyl (C=O) groups excluding carboxylic acids is 1. The summed E-state index contributed by atoms with van der Waals surface area (Å²) in [5, 5.41) is 8.20. The summed E-state index contributed by atoms with van der Waals surface area (Å²) < 4.78 is 1.91. The summed E-state index contributed by atoms with van der Waals surface area (Å²) >= 11 is 0. The van der Waals surface area contributed by atoms with Crippen molar-refractivity contribution in [1.29, 1.82) is 0 Å². The van der Waals surface area contributed by atoms with Crippen molar-refractivity contribution in [3.63, 3.8) is 0 Å². The smallest absolute Gasteiger partial charge is 0.236 e. The Morgan fingerprint density at radius 3 is 2.84 bits per heavy atom. The van der Waals surface area contributed by atoms with Gasteiger partial charge in [-0.15, -0.1) is 10.2 Å². The third kappa shape index (κ3) is 2.55. The molecule has 2 aromatic heterocycles. The van der Waals surface area contributed by atoms with Crippen LogP contribution < -0.4 is 4.90 Å². The quantitative estimate of drug-likeness (QED) is 0.805. The molecule has 0 saturated carbocycles. The number of nitrogens with zero attached hydrogens (tertiary/aromatic N) is 7. The number of carbonyl (C=O) groups is 1. The van der Waals surface area contributed by atoms with Gasteiger partial charge >= 0.3 is 0 Å². The van der Waals surface area contributed by atoms with E-state index in [1.165, 1.54) is 6.42 Å². The molecular weight excluding hydrogens is 318 g/mol. The van der Waals surface area contributed by atoms with Gasteiger partial charge in [-0.3, -0.25) is 14.1 Å². The number of fused-ring (bicyclic) bond motifs is 3. The average molecular weight is 341 g/mol. The van der Waals surface area contributed by atoms with Crippen LogP contribution >= 0.6 is 0 Å². The molecule has 1 amide bonds. The molecule has 2 atom stereocenters. The van der Waals surface area contributed by atoms with E-state index in [4.69, 9.17) is 0 Å². The highest BCUT2D eigenvalue weighted by Gasteiger charge is 2.45. The van der Waals surface area contributed by atoms with Crippen molar-refractivity contribution in [1.82, 2.24) is 29.4 Å². The SMILES string of the molecule is O=C(CN1CC2CC1CN2c1nccn2cnnc12)N1CCCCC1. The zero-order valence-corrected chi connectivity index (χ0v) is 14.3. The van der Waals surface area contributed by atoms with Crippen molar-refractivity contribution >= 4 is 17.4 Å². The van der Waals surface area contributed by atoms with Gasteiger partial charge in [-0.25, -0.2) is 4.98 Å². The Labute approximate surface area is 146 Å². The molecule has 0 aliphatic carbocycles. The van der Waals surface area contributed by atoms with Gasteiger partial charge in [-0.2, -0.15) is 0 Å². The van der Waals surface area contributed by atoms with Crippen LogP contribution in [0.4, 0.5) is 5.82 Å². The number of amides is 1. The van der Waals surface area contributed by atoms with Crippen LogP contribution in [0.5, 0.6) is 0 Å². The summed E-state index contributed by atoms with van der Waals surface area (Å²) in [6, 6.07) is 0.846. The lowest BCUT2D eigenvalue weighted by atomic mass is 10.1. The molecule has 0 aromatic carbocycles. The summed E-state index contributed by atoms with van der Waals surface area (Å²) in [4.78, 5) is 23.9. The molecule has 132 valence electrons. The average Bonchev–Trinajstić information content (AvgIpc) is 3.37. The lowest BCUT2D eigenvalue weighted by molar-refractivity contribution is -0.133. The Hall–Kier alpha value is -2.22. The standard InChI is InChI=1S/C17H23N7O/c25-15(21-5-2-1-3-6-21)11-23-9-14-8-13(23)10-24(14)16-17-20-19-12-22(17)7-4-18-16/h4,7,12-14H,1-3,5-6,8-11H2. The Morgan fingerprint density at radius 2 is 2.04 bits per heavy atom. The van der Waals surface area contributed by atoms with Crippen LogP contribution in [-0.4, -0.2) is 80.1 Å². The van der Waals surface area contributed by atoms with Gasteiger partial charge in [0.1, 0.15) is 6.33 Å². The van der Waals surface area contributed by atoms with E-state index in [1.807, 2.05) is 15.5 Å². The monoisotopic (exact) mass is 341 g/mol. The fraction of sp³-hybridized carbons (Fsp3) is 0.647. The highest BCUT2D eigenvalue weighted by Crippen LogP contribution is 2.34. The fourth-order valence-corrected chi connectivity index (χ4v) is 4.57. The molecule has 3 saturated heterocycles. The lowest BCUT2D eigenvalue weighted by Gasteiger charge is -2.36. The zero-order chi connectivity index (χ0) is 16.8. The molecule has 0 spiro atoms. The highest BCUT2D eigenvalue weighted by molar-refractivity contribution is 5.78. The number of piperazine rings is 1. The number of rotatable bonds is 3. The van der Waals surface area contributed by atoms with E-state index in [-0.39, 0.29) is 0 Å². The molecule has 5 rings (SSSR count). The molecule has 5 heterocycles. The van der Waals surface area contributed by atoms with Gasteiger partial charge in [0, 0.05) is 50.7 Å². The molecule has 2 bridgehead atoms. The van der Waals surface area contributed by atoms with Crippen LogP contribution in [0.15, 0.2) is 18.7 Å². The predicted octanol–water partition coefficient (Wildman–Crippen LogP) is 0.400. The zero-order valence-electron chi connectivity index (χ0n) is 14.3. The maximum atomic E-state index is 12.6. The largest absolute Gasteiger partial charge is 0.348 e. The third-order valence-electron chi connectivity index (χ3n) is 5.87. The summed E-state index contributed by atoms with van der Waals surface area (Å²) in [7, 11) is 0. The lowest BCUT2D eigenvalue weighted by Crippen LogP contribution is -2.51. The predicted molar refractivity (Wildman–Crippen MR) is 92.3 cm³/mol. The number of hydrogen-bond acceptors (Lipinski definition) is 6. The van der Waals surface area contributed by atoms with Crippen molar-refractivity contribution in [2.45, 2.75) is 37.8 Å². The first-order chi connectivity index (χ1) is 12.3. The van der Waals surface area contributed by atoms with E-state index < -0.39 is 0 Å². The molecule has 2 unspecified atom stereocenters. The van der Waals surface area contributed by atoms with Crippen molar-refractivity contribution in [2.75, 3.05) is 37.6 Å². The van der Waals surface area contributed by atoms with Gasteiger partial charge in [0.05, 0.1) is 6.54 Å². The molecule has 3 aliphatic rings. The molecule has 8 heteroatoms. The first-order valence-corrected chi connectivity index (χ1v) is 9.22. The number of likely N-dealkylation sites (tertiary alicyclic amines) is 2. The molecule has 2 aromatic rings. The second-order valence-corrected chi connectivity index (χ2v) is 7.38. The Balaban J connectivity index is 1.27. The van der Waals surface area contributed by atoms with Gasteiger partial charge in [0.25, 0.3) is 0 Å². The van der Waals surface area contributed by atoms with E-state index >= 15 is 0 Å². The summed E-state index contributed by atoms with van der Waals surface area (Å²) in [5.74, 6) is 1.21. The van der Waals surface area contributed by atoms with Crippen molar-refractivity contribution < 1.29 is 4.79 Å². The van der Waals surface area contributed by atoms with Gasteiger partial charge in [0.15, 0.2) is 5.82 Å². The number of anilines is 1. The summed E-state index contributed by atoms with van der Waals surface area (Å²) in [6.07, 6.45) is 10.0. The van der Waals surface area contributed by atoms with Crippen molar-refractivity contribution in [3.8, 4) is 0 Å². The minimum Gasteiger partial charge on any atom is -0.348 e. The summed E-state index contributed by atoms with van der Waals surface area (Å²) in [6.45, 7) is 4.29. The maximum Gasteiger partial charge on any atom is 0.236 e.